The van der Waals surface area contributed by atoms with Crippen LogP contribution in [-0.2, 0) is 0 Å². The van der Waals surface area contributed by atoms with Crippen LogP contribution >= 0.6 is 22.6 Å². The van der Waals surface area contributed by atoms with Crippen LogP contribution in [0.1, 0.15) is 35.3 Å². The highest BCUT2D eigenvalue weighted by molar-refractivity contribution is 14.1. The number of carbonyl (C=O) groups excluding carboxylic acids is 1. The van der Waals surface area contributed by atoms with Crippen molar-refractivity contribution < 1.29 is 9.53 Å². The topological polar surface area (TPSA) is 38.3 Å². The molecule has 0 saturated carbocycles. The summed E-state index contributed by atoms with van der Waals surface area (Å²) < 4.78 is 6.21. The van der Waals surface area contributed by atoms with E-state index in [0.717, 1.165) is 21.3 Å². The van der Waals surface area contributed by atoms with Gasteiger partial charge < -0.3 is 10.1 Å². The fourth-order valence-corrected chi connectivity index (χ4v) is 2.67. The molecular weight excluding hydrogens is 377 g/mol. The minimum Gasteiger partial charge on any atom is -0.497 e. The van der Waals surface area contributed by atoms with E-state index in [0.29, 0.717) is 5.56 Å². The van der Waals surface area contributed by atoms with Gasteiger partial charge in [-0.05, 0) is 64.9 Å². The van der Waals surface area contributed by atoms with Crippen molar-refractivity contribution in [1.82, 2.24) is 5.32 Å². The second kappa shape index (κ2) is 7.45. The van der Waals surface area contributed by atoms with Crippen molar-refractivity contribution in [3.8, 4) is 5.75 Å². The van der Waals surface area contributed by atoms with Crippen LogP contribution in [0.2, 0.25) is 0 Å². The van der Waals surface area contributed by atoms with Gasteiger partial charge in [0.05, 0.1) is 13.2 Å². The minimum absolute atomic E-state index is 0.00118. The number of halogens is 1. The highest BCUT2D eigenvalue weighted by Crippen LogP contribution is 2.20. The molecule has 0 saturated heterocycles. The molecule has 0 heterocycles. The van der Waals surface area contributed by atoms with E-state index in [9.17, 15) is 4.79 Å². The monoisotopic (exact) mass is 395 g/mol. The average Bonchev–Trinajstić information content (AvgIpc) is 2.52. The van der Waals surface area contributed by atoms with E-state index in [-0.39, 0.29) is 11.9 Å². The van der Waals surface area contributed by atoms with Gasteiger partial charge in [-0.2, -0.15) is 0 Å². The van der Waals surface area contributed by atoms with Crippen LogP contribution in [0.3, 0.4) is 0 Å². The molecule has 0 bridgehead atoms. The number of hydrogen-bond acceptors (Lipinski definition) is 2. The molecule has 2 aromatic rings. The summed E-state index contributed by atoms with van der Waals surface area (Å²) >= 11 is 2.21. The summed E-state index contributed by atoms with van der Waals surface area (Å²) in [6.07, 6.45) is 0.835. The summed E-state index contributed by atoms with van der Waals surface area (Å²) in [5.41, 5.74) is 1.77. The normalized spacial score (nSPS) is 11.8. The Balaban J connectivity index is 2.12. The molecule has 1 unspecified atom stereocenters. The number of amides is 1. The van der Waals surface area contributed by atoms with Gasteiger partial charge in [0, 0.05) is 9.13 Å². The summed E-state index contributed by atoms with van der Waals surface area (Å²) in [7, 11) is 1.64. The van der Waals surface area contributed by atoms with E-state index < -0.39 is 0 Å². The molecule has 1 atom stereocenters. The Morgan fingerprint density at radius 2 is 1.95 bits per heavy atom. The van der Waals surface area contributed by atoms with Crippen molar-refractivity contribution in [1.29, 1.82) is 0 Å². The maximum Gasteiger partial charge on any atom is 0.251 e. The van der Waals surface area contributed by atoms with Crippen LogP contribution in [0.5, 0.6) is 5.75 Å². The molecule has 0 aliphatic carbocycles. The second-order valence-corrected chi connectivity index (χ2v) is 5.96. The fourth-order valence-electron chi connectivity index (χ4n) is 2.13. The van der Waals surface area contributed by atoms with Gasteiger partial charge in [-0.3, -0.25) is 4.79 Å². The zero-order valence-corrected chi connectivity index (χ0v) is 14.3. The van der Waals surface area contributed by atoms with Crippen LogP contribution in [0.15, 0.2) is 48.5 Å². The highest BCUT2D eigenvalue weighted by atomic mass is 127. The van der Waals surface area contributed by atoms with Gasteiger partial charge >= 0.3 is 0 Å². The predicted molar refractivity (Wildman–Crippen MR) is 92.7 cm³/mol. The van der Waals surface area contributed by atoms with E-state index in [1.54, 1.807) is 7.11 Å². The van der Waals surface area contributed by atoms with Gasteiger partial charge in [0.2, 0.25) is 0 Å². The molecule has 1 N–H and O–H groups in total. The number of rotatable bonds is 5. The van der Waals surface area contributed by atoms with Gasteiger partial charge in [-0.25, -0.2) is 0 Å². The van der Waals surface area contributed by atoms with Crippen LogP contribution in [0.4, 0.5) is 0 Å². The summed E-state index contributed by atoms with van der Waals surface area (Å²) in [6, 6.07) is 15.4. The molecule has 2 aromatic carbocycles. The van der Waals surface area contributed by atoms with E-state index >= 15 is 0 Å². The molecule has 110 valence electrons. The van der Waals surface area contributed by atoms with Gasteiger partial charge in [0.1, 0.15) is 5.75 Å². The third kappa shape index (κ3) is 4.20. The van der Waals surface area contributed by atoms with Crippen LogP contribution < -0.4 is 10.1 Å². The molecule has 21 heavy (non-hydrogen) atoms. The Hall–Kier alpha value is -1.56. The Kier molecular flexibility index (Phi) is 5.61. The first kappa shape index (κ1) is 15.8. The first-order valence-corrected chi connectivity index (χ1v) is 7.92. The lowest BCUT2D eigenvalue weighted by Gasteiger charge is -2.18. The van der Waals surface area contributed by atoms with Crippen molar-refractivity contribution in [2.45, 2.75) is 19.4 Å². The summed E-state index contributed by atoms with van der Waals surface area (Å²) in [5.74, 6) is 0.772. The Labute approximate surface area is 138 Å². The Morgan fingerprint density at radius 1 is 1.24 bits per heavy atom. The van der Waals surface area contributed by atoms with Gasteiger partial charge in [-0.1, -0.05) is 25.1 Å². The largest absolute Gasteiger partial charge is 0.497 e. The van der Waals surface area contributed by atoms with Crippen molar-refractivity contribution in [3.05, 3.63) is 63.2 Å². The fraction of sp³-hybridized carbons (Fsp3) is 0.235. The first-order chi connectivity index (χ1) is 10.1. The second-order valence-electron chi connectivity index (χ2n) is 4.72. The summed E-state index contributed by atoms with van der Waals surface area (Å²) in [5, 5.41) is 3.08. The molecule has 0 aliphatic rings. The molecule has 0 spiro atoms. The third-order valence-corrected chi connectivity index (χ3v) is 3.99. The maximum absolute atomic E-state index is 12.3. The Bertz CT molecular complexity index is 610. The average molecular weight is 395 g/mol. The van der Waals surface area contributed by atoms with Gasteiger partial charge in [-0.15, -0.1) is 0 Å². The number of carbonyl (C=O) groups is 1. The zero-order valence-electron chi connectivity index (χ0n) is 12.1. The Morgan fingerprint density at radius 3 is 2.52 bits per heavy atom. The van der Waals surface area contributed by atoms with E-state index in [2.05, 4.69) is 34.8 Å². The quantitative estimate of drug-likeness (QED) is 0.772. The molecular formula is C17H18INO2. The lowest BCUT2D eigenvalue weighted by atomic mass is 10.0. The molecule has 0 radical (unpaired) electrons. The van der Waals surface area contributed by atoms with Gasteiger partial charge in [0.25, 0.3) is 5.91 Å². The lowest BCUT2D eigenvalue weighted by molar-refractivity contribution is 0.0935. The van der Waals surface area contributed by atoms with E-state index in [1.165, 1.54) is 0 Å². The number of benzene rings is 2. The first-order valence-electron chi connectivity index (χ1n) is 6.84. The van der Waals surface area contributed by atoms with E-state index in [4.69, 9.17) is 4.74 Å². The minimum atomic E-state index is -0.0452. The maximum atomic E-state index is 12.3. The number of nitrogens with one attached hydrogen (secondary N) is 1. The number of methoxy groups -OCH3 is 1. The molecule has 3 nitrogen and oxygen atoms in total. The smallest absolute Gasteiger partial charge is 0.251 e. The number of hydrogen-bond donors (Lipinski definition) is 1. The number of ether oxygens (including phenoxy) is 1. The highest BCUT2D eigenvalue weighted by Gasteiger charge is 2.14. The van der Waals surface area contributed by atoms with Crippen LogP contribution in [0.25, 0.3) is 0 Å². The summed E-state index contributed by atoms with van der Waals surface area (Å²) in [6.45, 7) is 2.06. The predicted octanol–water partition coefficient (Wildman–Crippen LogP) is 4.18. The summed E-state index contributed by atoms with van der Waals surface area (Å²) in [4.78, 5) is 12.3. The van der Waals surface area contributed by atoms with Gasteiger partial charge in [0.15, 0.2) is 0 Å². The van der Waals surface area contributed by atoms with E-state index in [1.807, 2.05) is 48.5 Å². The van der Waals surface area contributed by atoms with Crippen molar-refractivity contribution in [3.63, 3.8) is 0 Å². The third-order valence-electron chi connectivity index (χ3n) is 3.32. The van der Waals surface area contributed by atoms with Crippen molar-refractivity contribution in [2.75, 3.05) is 7.11 Å². The molecule has 4 heteroatoms. The molecule has 0 aromatic heterocycles. The molecule has 1 amide bonds. The van der Waals surface area contributed by atoms with Crippen molar-refractivity contribution in [2.24, 2.45) is 0 Å². The van der Waals surface area contributed by atoms with Crippen LogP contribution in [-0.4, -0.2) is 13.0 Å². The standard InChI is InChI=1S/C17H18INO2/c1-3-16(12-7-9-15(21-2)10-8-12)19-17(20)13-5-4-6-14(18)11-13/h4-11,16H,3H2,1-2H3,(H,19,20). The SMILES string of the molecule is CCC(NC(=O)c1cccc(I)c1)c1ccc(OC)cc1. The lowest BCUT2D eigenvalue weighted by Crippen LogP contribution is -2.28. The zero-order chi connectivity index (χ0) is 15.2. The molecule has 0 aliphatic heterocycles. The van der Waals surface area contributed by atoms with Crippen LogP contribution in [0, 0.1) is 3.57 Å². The molecule has 0 fully saturated rings. The molecule has 2 rings (SSSR count). The van der Waals surface area contributed by atoms with Crippen molar-refractivity contribution >= 4 is 28.5 Å².